The molecule has 1 aromatic heterocycles. The monoisotopic (exact) mass is 274 g/mol. The Kier molecular flexibility index (Phi) is 3.18. The normalized spacial score (nSPS) is 9.50. The van der Waals surface area contributed by atoms with Gasteiger partial charge >= 0.3 is 0 Å². The van der Waals surface area contributed by atoms with Gasteiger partial charge in [0.2, 0.25) is 0 Å². The Bertz CT molecular complexity index is 531. The van der Waals surface area contributed by atoms with Crippen molar-refractivity contribution in [2.75, 3.05) is 0 Å². The number of halogens is 1. The summed E-state index contributed by atoms with van der Waals surface area (Å²) in [6.07, 6.45) is 1.68. The Morgan fingerprint density at radius 3 is 2.56 bits per heavy atom. The van der Waals surface area contributed by atoms with E-state index in [9.17, 15) is 0 Å². The van der Waals surface area contributed by atoms with Gasteiger partial charge in [0.25, 0.3) is 0 Å². The smallest absolute Gasteiger partial charge is 0.160 e. The third-order valence-electron chi connectivity index (χ3n) is 1.94. The van der Waals surface area contributed by atoms with Crippen molar-refractivity contribution in [1.82, 2.24) is 4.98 Å². The lowest BCUT2D eigenvalue weighted by molar-refractivity contribution is 0.476. The van der Waals surface area contributed by atoms with Gasteiger partial charge in [-0.05, 0) is 52.3 Å². The molecule has 0 atom stereocenters. The molecule has 1 aromatic carbocycles. The second-order valence-corrected chi connectivity index (χ2v) is 3.78. The van der Waals surface area contributed by atoms with Gasteiger partial charge in [0.15, 0.2) is 5.75 Å². The fourth-order valence-corrected chi connectivity index (χ4v) is 1.50. The summed E-state index contributed by atoms with van der Waals surface area (Å²) in [4.78, 5) is 4.05. The Morgan fingerprint density at radius 2 is 1.94 bits per heavy atom. The molecule has 0 amide bonds. The molecule has 0 radical (unpaired) electrons. The molecule has 0 saturated carbocycles. The lowest BCUT2D eigenvalue weighted by Gasteiger charge is -2.06. The minimum Gasteiger partial charge on any atom is -0.455 e. The molecule has 78 valence electrons. The first-order valence-electron chi connectivity index (χ1n) is 4.58. The van der Waals surface area contributed by atoms with E-state index in [2.05, 4.69) is 27.0 Å². The molecule has 0 saturated heterocycles. The van der Waals surface area contributed by atoms with E-state index in [0.717, 1.165) is 0 Å². The van der Waals surface area contributed by atoms with Crippen molar-refractivity contribution in [2.24, 2.45) is 0 Å². The van der Waals surface area contributed by atoms with Gasteiger partial charge in [-0.3, -0.25) is 0 Å². The third kappa shape index (κ3) is 2.38. The molecule has 0 unspecified atom stereocenters. The number of nitriles is 1. The highest BCUT2D eigenvalue weighted by Crippen LogP contribution is 2.27. The molecule has 2 rings (SSSR count). The lowest BCUT2D eigenvalue weighted by atomic mass is 10.2. The van der Waals surface area contributed by atoms with Crippen LogP contribution in [0.3, 0.4) is 0 Å². The van der Waals surface area contributed by atoms with Crippen molar-refractivity contribution < 1.29 is 4.74 Å². The Labute approximate surface area is 101 Å². The highest BCUT2D eigenvalue weighted by Gasteiger charge is 2.02. The van der Waals surface area contributed by atoms with Gasteiger partial charge in [0, 0.05) is 6.20 Å². The third-order valence-corrected chi connectivity index (χ3v) is 2.53. The van der Waals surface area contributed by atoms with Crippen LogP contribution in [0.15, 0.2) is 47.2 Å². The van der Waals surface area contributed by atoms with E-state index in [1.54, 1.807) is 36.5 Å². The highest BCUT2D eigenvalue weighted by molar-refractivity contribution is 9.10. The first kappa shape index (κ1) is 10.7. The highest BCUT2D eigenvalue weighted by atomic mass is 79.9. The van der Waals surface area contributed by atoms with Gasteiger partial charge in [-0.1, -0.05) is 0 Å². The van der Waals surface area contributed by atoms with Crippen LogP contribution in [-0.2, 0) is 0 Å². The minimum atomic E-state index is 0.609. The largest absolute Gasteiger partial charge is 0.455 e. The van der Waals surface area contributed by atoms with Crippen LogP contribution in [-0.4, -0.2) is 4.98 Å². The van der Waals surface area contributed by atoms with Crippen molar-refractivity contribution >= 4 is 15.9 Å². The SMILES string of the molecule is N#Cc1ccc(Oc2cccnc2Br)cc1. The van der Waals surface area contributed by atoms with E-state index in [-0.39, 0.29) is 0 Å². The van der Waals surface area contributed by atoms with E-state index in [4.69, 9.17) is 10.00 Å². The summed E-state index contributed by atoms with van der Waals surface area (Å²) in [5.74, 6) is 1.32. The molecular weight excluding hydrogens is 268 g/mol. The summed E-state index contributed by atoms with van der Waals surface area (Å²) in [7, 11) is 0. The number of hydrogen-bond donors (Lipinski definition) is 0. The molecule has 4 heteroatoms. The van der Waals surface area contributed by atoms with Crippen molar-refractivity contribution in [1.29, 1.82) is 5.26 Å². The van der Waals surface area contributed by atoms with Crippen LogP contribution in [0, 0.1) is 11.3 Å². The summed E-state index contributed by atoms with van der Waals surface area (Å²) in [6, 6.07) is 12.6. The van der Waals surface area contributed by atoms with E-state index >= 15 is 0 Å². The lowest BCUT2D eigenvalue weighted by Crippen LogP contribution is -1.87. The maximum atomic E-state index is 8.65. The number of ether oxygens (including phenoxy) is 1. The second kappa shape index (κ2) is 4.77. The van der Waals surface area contributed by atoms with Crippen LogP contribution in [0.4, 0.5) is 0 Å². The molecule has 2 aromatic rings. The topological polar surface area (TPSA) is 45.9 Å². The van der Waals surface area contributed by atoms with Crippen molar-refractivity contribution in [3.63, 3.8) is 0 Å². The predicted molar refractivity (Wildman–Crippen MR) is 63.2 cm³/mol. The summed E-state index contributed by atoms with van der Waals surface area (Å²) in [5, 5.41) is 8.65. The minimum absolute atomic E-state index is 0.609. The first-order chi connectivity index (χ1) is 7.79. The molecule has 0 fully saturated rings. The van der Waals surface area contributed by atoms with Crippen LogP contribution < -0.4 is 4.74 Å². The first-order valence-corrected chi connectivity index (χ1v) is 5.37. The zero-order chi connectivity index (χ0) is 11.4. The molecule has 0 aliphatic heterocycles. The van der Waals surface area contributed by atoms with Gasteiger partial charge in [-0.15, -0.1) is 0 Å². The maximum Gasteiger partial charge on any atom is 0.160 e. The van der Waals surface area contributed by atoms with Gasteiger partial charge in [-0.25, -0.2) is 4.98 Å². The predicted octanol–water partition coefficient (Wildman–Crippen LogP) is 3.51. The fourth-order valence-electron chi connectivity index (χ4n) is 1.17. The van der Waals surface area contributed by atoms with Gasteiger partial charge in [0.1, 0.15) is 10.4 Å². The van der Waals surface area contributed by atoms with Crippen LogP contribution >= 0.6 is 15.9 Å². The van der Waals surface area contributed by atoms with Gasteiger partial charge in [0.05, 0.1) is 11.6 Å². The molecule has 0 aliphatic carbocycles. The van der Waals surface area contributed by atoms with E-state index in [1.807, 2.05) is 6.07 Å². The molecule has 0 spiro atoms. The number of aromatic nitrogens is 1. The number of nitrogens with zero attached hydrogens (tertiary/aromatic N) is 2. The molecule has 0 bridgehead atoms. The summed E-state index contributed by atoms with van der Waals surface area (Å²) >= 11 is 3.29. The summed E-state index contributed by atoms with van der Waals surface area (Å²) < 4.78 is 6.24. The molecule has 16 heavy (non-hydrogen) atoms. The van der Waals surface area contributed by atoms with Crippen molar-refractivity contribution in [3.8, 4) is 17.6 Å². The van der Waals surface area contributed by atoms with Crippen LogP contribution in [0.2, 0.25) is 0 Å². The van der Waals surface area contributed by atoms with Crippen LogP contribution in [0.25, 0.3) is 0 Å². The van der Waals surface area contributed by atoms with Gasteiger partial charge < -0.3 is 4.74 Å². The number of rotatable bonds is 2. The van der Waals surface area contributed by atoms with E-state index in [1.165, 1.54) is 0 Å². The molecule has 0 N–H and O–H groups in total. The van der Waals surface area contributed by atoms with Crippen molar-refractivity contribution in [2.45, 2.75) is 0 Å². The van der Waals surface area contributed by atoms with E-state index in [0.29, 0.717) is 21.7 Å². The average molecular weight is 275 g/mol. The van der Waals surface area contributed by atoms with Crippen LogP contribution in [0.5, 0.6) is 11.5 Å². The summed E-state index contributed by atoms with van der Waals surface area (Å²) in [6.45, 7) is 0. The van der Waals surface area contributed by atoms with Crippen molar-refractivity contribution in [3.05, 3.63) is 52.8 Å². The molecular formula is C12H7BrN2O. The number of hydrogen-bond acceptors (Lipinski definition) is 3. The fraction of sp³-hybridized carbons (Fsp3) is 0. The average Bonchev–Trinajstić information content (AvgIpc) is 2.33. The van der Waals surface area contributed by atoms with E-state index < -0.39 is 0 Å². The van der Waals surface area contributed by atoms with Gasteiger partial charge in [-0.2, -0.15) is 5.26 Å². The zero-order valence-electron chi connectivity index (χ0n) is 8.22. The zero-order valence-corrected chi connectivity index (χ0v) is 9.81. The molecule has 1 heterocycles. The standard InChI is InChI=1S/C12H7BrN2O/c13-12-11(2-1-7-15-12)16-10-5-3-9(8-14)4-6-10/h1-7H. The quantitative estimate of drug-likeness (QED) is 0.788. The number of benzene rings is 1. The number of pyridine rings is 1. The Hall–Kier alpha value is -1.86. The molecule has 3 nitrogen and oxygen atoms in total. The Balaban J connectivity index is 2.22. The second-order valence-electron chi connectivity index (χ2n) is 3.03. The summed E-state index contributed by atoms with van der Waals surface area (Å²) in [5.41, 5.74) is 0.609. The Morgan fingerprint density at radius 1 is 1.19 bits per heavy atom. The molecule has 0 aliphatic rings. The van der Waals surface area contributed by atoms with Crippen LogP contribution in [0.1, 0.15) is 5.56 Å². The maximum absolute atomic E-state index is 8.65.